The Hall–Kier alpha value is -2.61. The van der Waals surface area contributed by atoms with Crippen LogP contribution < -0.4 is 16.4 Å². The molecule has 0 aliphatic heterocycles. The molecule has 0 radical (unpaired) electrons. The zero-order chi connectivity index (χ0) is 18.8. The number of thiophene rings is 1. The third-order valence-corrected chi connectivity index (χ3v) is 5.59. The number of carbonyl (C=O) groups is 3. The lowest BCUT2D eigenvalue weighted by molar-refractivity contribution is -0.118. The van der Waals surface area contributed by atoms with Gasteiger partial charge in [0.2, 0.25) is 5.91 Å². The Kier molecular flexibility index (Phi) is 5.13. The van der Waals surface area contributed by atoms with E-state index in [1.807, 2.05) is 13.8 Å². The number of nitrogens with two attached hydrogens (primary N) is 1. The number of nitrogens with one attached hydrogen (secondary N) is 2. The van der Waals surface area contributed by atoms with E-state index in [1.54, 1.807) is 6.07 Å². The number of furan rings is 1. The topological polar surface area (TPSA) is 114 Å². The monoisotopic (exact) mass is 375 g/mol. The van der Waals surface area contributed by atoms with Gasteiger partial charge in [-0.1, -0.05) is 13.8 Å². The molecule has 8 heteroatoms. The molecule has 0 saturated heterocycles. The van der Waals surface area contributed by atoms with Crippen molar-refractivity contribution in [1.82, 2.24) is 5.32 Å². The van der Waals surface area contributed by atoms with E-state index in [1.165, 1.54) is 23.7 Å². The molecule has 4 N–H and O–H groups in total. The van der Waals surface area contributed by atoms with E-state index in [0.29, 0.717) is 10.6 Å². The van der Waals surface area contributed by atoms with Crippen LogP contribution in [-0.2, 0) is 17.6 Å². The number of aryl methyl sites for hydroxylation is 1. The maximum Gasteiger partial charge on any atom is 0.287 e. The number of carbonyl (C=O) groups excluding carboxylic acids is 3. The summed E-state index contributed by atoms with van der Waals surface area (Å²) in [5, 5.41) is 5.93. The van der Waals surface area contributed by atoms with E-state index in [-0.39, 0.29) is 17.6 Å². The quantitative estimate of drug-likeness (QED) is 0.719. The lowest BCUT2D eigenvalue weighted by atomic mass is 10.0. The van der Waals surface area contributed by atoms with E-state index < -0.39 is 17.9 Å². The number of fused-ring (bicyclic) bond motifs is 1. The maximum atomic E-state index is 12.8. The Morgan fingerprint density at radius 1 is 1.27 bits per heavy atom. The fourth-order valence-electron chi connectivity index (χ4n) is 3.10. The molecule has 138 valence electrons. The second-order valence-electron chi connectivity index (χ2n) is 6.59. The molecule has 2 aromatic rings. The minimum atomic E-state index is -0.773. The predicted molar refractivity (Wildman–Crippen MR) is 98.3 cm³/mol. The van der Waals surface area contributed by atoms with Gasteiger partial charge in [-0.25, -0.2) is 0 Å². The number of amides is 3. The summed E-state index contributed by atoms with van der Waals surface area (Å²) in [5.41, 5.74) is 6.86. The lowest BCUT2D eigenvalue weighted by Gasteiger charge is -2.21. The second kappa shape index (κ2) is 7.33. The summed E-state index contributed by atoms with van der Waals surface area (Å²) in [6.45, 7) is 3.66. The molecular formula is C18H21N3O4S. The van der Waals surface area contributed by atoms with Gasteiger partial charge in [-0.2, -0.15) is 0 Å². The Morgan fingerprint density at radius 2 is 2.04 bits per heavy atom. The zero-order valence-electron chi connectivity index (χ0n) is 14.6. The molecule has 0 spiro atoms. The molecular weight excluding hydrogens is 354 g/mol. The SMILES string of the molecule is CC(C)[C@@H](NC(=O)c1ccco1)C(=O)Nc1sc2c(c1C(N)=O)CCC2. The summed E-state index contributed by atoms with van der Waals surface area (Å²) < 4.78 is 5.06. The highest BCUT2D eigenvalue weighted by atomic mass is 32.1. The second-order valence-corrected chi connectivity index (χ2v) is 7.69. The molecule has 2 heterocycles. The minimum absolute atomic E-state index is 0.136. The molecule has 0 fully saturated rings. The average Bonchev–Trinajstić information content (AvgIpc) is 3.27. The molecule has 0 unspecified atom stereocenters. The van der Waals surface area contributed by atoms with E-state index >= 15 is 0 Å². The third-order valence-electron chi connectivity index (χ3n) is 4.39. The number of rotatable bonds is 6. The summed E-state index contributed by atoms with van der Waals surface area (Å²) in [6, 6.07) is 2.36. The molecule has 3 amide bonds. The van der Waals surface area contributed by atoms with Crippen LogP contribution in [0.4, 0.5) is 5.00 Å². The van der Waals surface area contributed by atoms with Gasteiger partial charge in [-0.3, -0.25) is 14.4 Å². The Morgan fingerprint density at radius 3 is 2.65 bits per heavy atom. The first-order valence-corrected chi connectivity index (χ1v) is 9.29. The molecule has 1 aliphatic carbocycles. The maximum absolute atomic E-state index is 12.8. The van der Waals surface area contributed by atoms with Crippen molar-refractivity contribution in [2.24, 2.45) is 11.7 Å². The smallest absolute Gasteiger partial charge is 0.287 e. The van der Waals surface area contributed by atoms with Gasteiger partial charge in [-0.05, 0) is 42.9 Å². The molecule has 1 aliphatic rings. The minimum Gasteiger partial charge on any atom is -0.459 e. The van der Waals surface area contributed by atoms with Crippen LogP contribution in [-0.4, -0.2) is 23.8 Å². The Bertz CT molecular complexity index is 839. The highest BCUT2D eigenvalue weighted by Crippen LogP contribution is 2.38. The Balaban J connectivity index is 1.79. The number of primary amides is 1. The van der Waals surface area contributed by atoms with Crippen LogP contribution in [0.15, 0.2) is 22.8 Å². The molecule has 1 atom stereocenters. The van der Waals surface area contributed by atoms with Crippen LogP contribution in [0.25, 0.3) is 0 Å². The van der Waals surface area contributed by atoms with Gasteiger partial charge in [0.1, 0.15) is 11.0 Å². The van der Waals surface area contributed by atoms with Crippen molar-refractivity contribution in [3.05, 3.63) is 40.2 Å². The average molecular weight is 375 g/mol. The largest absolute Gasteiger partial charge is 0.459 e. The normalized spacial score (nSPS) is 14.1. The lowest BCUT2D eigenvalue weighted by Crippen LogP contribution is -2.47. The van der Waals surface area contributed by atoms with Gasteiger partial charge in [0.05, 0.1) is 11.8 Å². The van der Waals surface area contributed by atoms with Gasteiger partial charge < -0.3 is 20.8 Å². The summed E-state index contributed by atoms with van der Waals surface area (Å²) in [6.07, 6.45) is 4.07. The Labute approximate surface area is 154 Å². The van der Waals surface area contributed by atoms with Gasteiger partial charge in [0.25, 0.3) is 11.8 Å². The van der Waals surface area contributed by atoms with Crippen LogP contribution in [0.3, 0.4) is 0 Å². The van der Waals surface area contributed by atoms with Crippen molar-refractivity contribution in [2.45, 2.75) is 39.2 Å². The standard InChI is InChI=1S/C18H21N3O4S/c1-9(2)14(20-16(23)11-6-4-8-25-11)17(24)21-18-13(15(19)22)10-5-3-7-12(10)26-18/h4,6,8-9,14H,3,5,7H2,1-2H3,(H2,19,22)(H,20,23)(H,21,24)/t14-/m1/s1. The molecule has 0 bridgehead atoms. The van der Waals surface area contributed by atoms with Crippen molar-refractivity contribution >= 4 is 34.1 Å². The van der Waals surface area contributed by atoms with Crippen molar-refractivity contribution in [1.29, 1.82) is 0 Å². The van der Waals surface area contributed by atoms with Crippen LogP contribution in [0, 0.1) is 5.92 Å². The van der Waals surface area contributed by atoms with Gasteiger partial charge >= 0.3 is 0 Å². The van der Waals surface area contributed by atoms with Gasteiger partial charge in [-0.15, -0.1) is 11.3 Å². The van der Waals surface area contributed by atoms with Gasteiger partial charge in [0, 0.05) is 4.88 Å². The van der Waals surface area contributed by atoms with Crippen LogP contribution in [0.2, 0.25) is 0 Å². The van der Waals surface area contributed by atoms with Crippen molar-refractivity contribution in [2.75, 3.05) is 5.32 Å². The van der Waals surface area contributed by atoms with Gasteiger partial charge in [0.15, 0.2) is 5.76 Å². The van der Waals surface area contributed by atoms with Crippen molar-refractivity contribution in [3.63, 3.8) is 0 Å². The molecule has 3 rings (SSSR count). The number of anilines is 1. The van der Waals surface area contributed by atoms with Crippen molar-refractivity contribution in [3.8, 4) is 0 Å². The van der Waals surface area contributed by atoms with E-state index in [0.717, 1.165) is 29.7 Å². The highest BCUT2D eigenvalue weighted by Gasteiger charge is 2.30. The summed E-state index contributed by atoms with van der Waals surface area (Å²) in [7, 11) is 0. The van der Waals surface area contributed by atoms with E-state index in [4.69, 9.17) is 10.2 Å². The zero-order valence-corrected chi connectivity index (χ0v) is 15.4. The van der Waals surface area contributed by atoms with E-state index in [2.05, 4.69) is 10.6 Å². The molecule has 7 nitrogen and oxygen atoms in total. The summed E-state index contributed by atoms with van der Waals surface area (Å²) in [5.74, 6) is -1.41. The van der Waals surface area contributed by atoms with Crippen LogP contribution in [0.1, 0.15) is 51.6 Å². The van der Waals surface area contributed by atoms with Crippen molar-refractivity contribution < 1.29 is 18.8 Å². The highest BCUT2D eigenvalue weighted by molar-refractivity contribution is 7.17. The first-order chi connectivity index (χ1) is 12.4. The first kappa shape index (κ1) is 18.2. The summed E-state index contributed by atoms with van der Waals surface area (Å²) >= 11 is 1.39. The molecule has 2 aromatic heterocycles. The molecule has 26 heavy (non-hydrogen) atoms. The van der Waals surface area contributed by atoms with Crippen LogP contribution in [0.5, 0.6) is 0 Å². The summed E-state index contributed by atoms with van der Waals surface area (Å²) in [4.78, 5) is 37.9. The molecule has 0 saturated carbocycles. The fraction of sp³-hybridized carbons (Fsp3) is 0.389. The van der Waals surface area contributed by atoms with Crippen LogP contribution >= 0.6 is 11.3 Å². The van der Waals surface area contributed by atoms with E-state index in [9.17, 15) is 14.4 Å². The third kappa shape index (κ3) is 3.50. The first-order valence-electron chi connectivity index (χ1n) is 8.48. The predicted octanol–water partition coefficient (Wildman–Crippen LogP) is 2.32. The fourth-order valence-corrected chi connectivity index (χ4v) is 4.40. The molecule has 0 aromatic carbocycles. The number of hydrogen-bond acceptors (Lipinski definition) is 5. The number of hydrogen-bond donors (Lipinski definition) is 3.